The molecule has 0 saturated carbocycles. The molecule has 14 heavy (non-hydrogen) atoms. The van der Waals surface area contributed by atoms with Gasteiger partial charge in [0.2, 0.25) is 0 Å². The molecule has 1 aromatic carbocycles. The molecule has 0 aliphatic heterocycles. The van der Waals surface area contributed by atoms with Crippen molar-refractivity contribution in [1.82, 2.24) is 0 Å². The zero-order chi connectivity index (χ0) is 10.3. The van der Waals surface area contributed by atoms with E-state index in [1.54, 1.807) is 0 Å². The summed E-state index contributed by atoms with van der Waals surface area (Å²) in [5.41, 5.74) is 3.97. The molecule has 0 fully saturated rings. The van der Waals surface area contributed by atoms with E-state index >= 15 is 0 Å². The van der Waals surface area contributed by atoms with Crippen molar-refractivity contribution < 1.29 is 5.11 Å². The summed E-state index contributed by atoms with van der Waals surface area (Å²) in [6, 6.07) is 6.47. The van der Waals surface area contributed by atoms with Gasteiger partial charge in [0, 0.05) is 0 Å². The molecule has 1 unspecified atom stereocenters. The van der Waals surface area contributed by atoms with Crippen LogP contribution in [0.3, 0.4) is 0 Å². The van der Waals surface area contributed by atoms with Gasteiger partial charge in [-0.15, -0.1) is 0 Å². The van der Waals surface area contributed by atoms with Gasteiger partial charge < -0.3 is 5.11 Å². The third kappa shape index (κ3) is 1.36. The summed E-state index contributed by atoms with van der Waals surface area (Å²) >= 11 is 0. The first-order valence-electron chi connectivity index (χ1n) is 5.36. The van der Waals surface area contributed by atoms with Crippen LogP contribution in [-0.4, -0.2) is 5.11 Å². The number of aryl methyl sites for hydroxylation is 1. The molecule has 1 N–H and O–H groups in total. The SMILES string of the molecule is CCc1ccc2c(c1)C(C)(C)CC2O. The molecule has 2 rings (SSSR count). The minimum absolute atomic E-state index is 0.139. The molecule has 1 atom stereocenters. The van der Waals surface area contributed by atoms with E-state index in [0.717, 1.165) is 18.4 Å². The predicted molar refractivity (Wildman–Crippen MR) is 58.4 cm³/mol. The molecule has 1 aliphatic carbocycles. The number of hydrogen-bond donors (Lipinski definition) is 1. The van der Waals surface area contributed by atoms with Crippen molar-refractivity contribution in [2.75, 3.05) is 0 Å². The molecule has 1 aliphatic rings. The first kappa shape index (κ1) is 9.72. The van der Waals surface area contributed by atoms with Gasteiger partial charge in [-0.05, 0) is 34.9 Å². The van der Waals surface area contributed by atoms with Crippen LogP contribution in [0.25, 0.3) is 0 Å². The Morgan fingerprint density at radius 1 is 1.43 bits per heavy atom. The Balaban J connectivity index is 2.53. The largest absolute Gasteiger partial charge is 0.388 e. The molecule has 0 radical (unpaired) electrons. The highest BCUT2D eigenvalue weighted by Crippen LogP contribution is 2.44. The Bertz CT molecular complexity index is 352. The van der Waals surface area contributed by atoms with Crippen molar-refractivity contribution in [3.05, 3.63) is 34.9 Å². The summed E-state index contributed by atoms with van der Waals surface area (Å²) in [5, 5.41) is 9.88. The standard InChI is InChI=1S/C13H18O/c1-4-9-5-6-10-11(7-9)13(2,3)8-12(10)14/h5-7,12,14H,4,8H2,1-3H3. The van der Waals surface area contributed by atoms with E-state index in [1.807, 2.05) is 0 Å². The van der Waals surface area contributed by atoms with Gasteiger partial charge in [0.05, 0.1) is 6.10 Å². The maximum Gasteiger partial charge on any atom is 0.0801 e. The molecule has 1 nitrogen and oxygen atoms in total. The topological polar surface area (TPSA) is 20.2 Å². The highest BCUT2D eigenvalue weighted by Gasteiger charge is 2.35. The van der Waals surface area contributed by atoms with Gasteiger partial charge in [0.1, 0.15) is 0 Å². The van der Waals surface area contributed by atoms with E-state index in [0.29, 0.717) is 0 Å². The van der Waals surface area contributed by atoms with Crippen LogP contribution in [0.2, 0.25) is 0 Å². The molecule has 1 heteroatoms. The van der Waals surface area contributed by atoms with Gasteiger partial charge in [0.25, 0.3) is 0 Å². The molecule has 0 spiro atoms. The lowest BCUT2D eigenvalue weighted by Gasteiger charge is -2.19. The Labute approximate surface area is 85.8 Å². The fraction of sp³-hybridized carbons (Fsp3) is 0.538. The fourth-order valence-corrected chi connectivity index (χ4v) is 2.40. The molecular formula is C13H18O. The first-order chi connectivity index (χ1) is 6.54. The summed E-state index contributed by atoms with van der Waals surface area (Å²) in [4.78, 5) is 0. The minimum Gasteiger partial charge on any atom is -0.388 e. The summed E-state index contributed by atoms with van der Waals surface area (Å²) in [5.74, 6) is 0. The first-order valence-corrected chi connectivity index (χ1v) is 5.36. The third-order valence-corrected chi connectivity index (χ3v) is 3.32. The number of rotatable bonds is 1. The number of hydrogen-bond acceptors (Lipinski definition) is 1. The second-order valence-corrected chi connectivity index (χ2v) is 4.88. The highest BCUT2D eigenvalue weighted by atomic mass is 16.3. The van der Waals surface area contributed by atoms with E-state index in [4.69, 9.17) is 0 Å². The average Bonchev–Trinajstić information content (AvgIpc) is 2.37. The zero-order valence-electron chi connectivity index (χ0n) is 9.17. The van der Waals surface area contributed by atoms with Crippen molar-refractivity contribution in [3.63, 3.8) is 0 Å². The summed E-state index contributed by atoms with van der Waals surface area (Å²) in [7, 11) is 0. The smallest absolute Gasteiger partial charge is 0.0801 e. The lowest BCUT2D eigenvalue weighted by atomic mass is 9.85. The number of benzene rings is 1. The molecule has 76 valence electrons. The molecular weight excluding hydrogens is 172 g/mol. The van der Waals surface area contributed by atoms with Crippen LogP contribution in [0, 0.1) is 0 Å². The molecule has 0 heterocycles. The predicted octanol–water partition coefficient (Wildman–Crippen LogP) is 2.96. The average molecular weight is 190 g/mol. The van der Waals surface area contributed by atoms with E-state index in [-0.39, 0.29) is 11.5 Å². The van der Waals surface area contributed by atoms with Crippen LogP contribution < -0.4 is 0 Å². The van der Waals surface area contributed by atoms with Crippen molar-refractivity contribution >= 4 is 0 Å². The quantitative estimate of drug-likeness (QED) is 0.722. The van der Waals surface area contributed by atoms with Crippen LogP contribution in [0.1, 0.15) is 50.0 Å². The summed E-state index contributed by atoms with van der Waals surface area (Å²) in [6.45, 7) is 6.59. The van der Waals surface area contributed by atoms with Crippen molar-refractivity contribution in [3.8, 4) is 0 Å². The van der Waals surface area contributed by atoms with Crippen molar-refractivity contribution in [1.29, 1.82) is 0 Å². The Kier molecular flexibility index (Phi) is 2.15. The molecule has 0 aromatic heterocycles. The Morgan fingerprint density at radius 2 is 2.14 bits per heavy atom. The molecule has 0 amide bonds. The minimum atomic E-state index is -0.258. The number of fused-ring (bicyclic) bond motifs is 1. The van der Waals surface area contributed by atoms with E-state index in [2.05, 4.69) is 39.0 Å². The Hall–Kier alpha value is -0.820. The van der Waals surface area contributed by atoms with Crippen LogP contribution in [0.5, 0.6) is 0 Å². The fourth-order valence-electron chi connectivity index (χ4n) is 2.40. The Morgan fingerprint density at radius 3 is 2.79 bits per heavy atom. The normalized spacial score (nSPS) is 23.6. The van der Waals surface area contributed by atoms with Gasteiger partial charge in [-0.2, -0.15) is 0 Å². The van der Waals surface area contributed by atoms with Crippen LogP contribution >= 0.6 is 0 Å². The van der Waals surface area contributed by atoms with Crippen LogP contribution in [0.4, 0.5) is 0 Å². The monoisotopic (exact) mass is 190 g/mol. The van der Waals surface area contributed by atoms with Gasteiger partial charge >= 0.3 is 0 Å². The van der Waals surface area contributed by atoms with E-state index in [1.165, 1.54) is 11.1 Å². The van der Waals surface area contributed by atoms with Crippen LogP contribution in [-0.2, 0) is 11.8 Å². The van der Waals surface area contributed by atoms with E-state index < -0.39 is 0 Å². The van der Waals surface area contributed by atoms with Crippen molar-refractivity contribution in [2.45, 2.75) is 45.1 Å². The zero-order valence-corrected chi connectivity index (χ0v) is 9.17. The van der Waals surface area contributed by atoms with Crippen LogP contribution in [0.15, 0.2) is 18.2 Å². The summed E-state index contributed by atoms with van der Waals surface area (Å²) < 4.78 is 0. The molecule has 1 aromatic rings. The number of aliphatic hydroxyl groups is 1. The van der Waals surface area contributed by atoms with Gasteiger partial charge in [-0.25, -0.2) is 0 Å². The van der Waals surface area contributed by atoms with Gasteiger partial charge in [-0.3, -0.25) is 0 Å². The second-order valence-electron chi connectivity index (χ2n) is 4.88. The maximum absolute atomic E-state index is 9.88. The maximum atomic E-state index is 9.88. The number of aliphatic hydroxyl groups excluding tert-OH is 1. The third-order valence-electron chi connectivity index (χ3n) is 3.32. The lowest BCUT2D eigenvalue weighted by Crippen LogP contribution is -2.12. The van der Waals surface area contributed by atoms with Gasteiger partial charge in [0.15, 0.2) is 0 Å². The van der Waals surface area contributed by atoms with Gasteiger partial charge in [-0.1, -0.05) is 39.0 Å². The lowest BCUT2D eigenvalue weighted by molar-refractivity contribution is 0.161. The molecule has 0 saturated heterocycles. The van der Waals surface area contributed by atoms with Crippen molar-refractivity contribution in [2.24, 2.45) is 0 Å². The van der Waals surface area contributed by atoms with E-state index in [9.17, 15) is 5.11 Å². The highest BCUT2D eigenvalue weighted by molar-refractivity contribution is 5.42. The molecule has 0 bridgehead atoms. The second kappa shape index (κ2) is 3.09. The summed E-state index contributed by atoms with van der Waals surface area (Å²) in [6.07, 6.45) is 1.67.